The Bertz CT molecular complexity index is 901. The number of carbonyl (C=O) groups is 4. The number of benzene rings is 1. The lowest BCUT2D eigenvalue weighted by Gasteiger charge is -2.43. The van der Waals surface area contributed by atoms with Crippen LogP contribution in [0.15, 0.2) is 24.3 Å². The second-order valence-corrected chi connectivity index (χ2v) is 10.4. The van der Waals surface area contributed by atoms with Crippen molar-refractivity contribution in [2.45, 2.75) is 91.1 Å². The average molecular weight is 479 g/mol. The first-order chi connectivity index (χ1) is 15.4. The summed E-state index contributed by atoms with van der Waals surface area (Å²) < 4.78 is 5.24. The molecule has 0 aliphatic carbocycles. The summed E-state index contributed by atoms with van der Waals surface area (Å²) in [5.74, 6) is -2.09. The van der Waals surface area contributed by atoms with Crippen LogP contribution in [0.2, 0.25) is 0 Å². The number of alkyl carbamates (subject to hydrolysis) is 1. The molecule has 0 aliphatic rings. The SMILES string of the molecule is CC(C)NC(=O)C(c1cccc(O)c1)N(C(=O)C(CC(N)=O)NC(=O)OC(C)(C)C)C(C)(C)C. The number of carbonyl (C=O) groups excluding carboxylic acids is 4. The number of nitrogens with one attached hydrogen (secondary N) is 2. The fourth-order valence-electron chi connectivity index (χ4n) is 3.34. The van der Waals surface area contributed by atoms with Crippen molar-refractivity contribution in [1.82, 2.24) is 15.5 Å². The third kappa shape index (κ3) is 8.92. The van der Waals surface area contributed by atoms with Crippen LogP contribution in [-0.2, 0) is 19.1 Å². The number of phenolic OH excluding ortho intramolecular Hbond substituents is 1. The van der Waals surface area contributed by atoms with Crippen LogP contribution in [-0.4, -0.2) is 57.0 Å². The van der Waals surface area contributed by atoms with Gasteiger partial charge in [-0.05, 0) is 73.1 Å². The highest BCUT2D eigenvalue weighted by molar-refractivity contribution is 5.95. The fourth-order valence-corrected chi connectivity index (χ4v) is 3.34. The number of aromatic hydroxyl groups is 1. The van der Waals surface area contributed by atoms with Crippen molar-refractivity contribution in [3.8, 4) is 5.75 Å². The summed E-state index contributed by atoms with van der Waals surface area (Å²) >= 11 is 0. The summed E-state index contributed by atoms with van der Waals surface area (Å²) in [5, 5.41) is 15.3. The van der Waals surface area contributed by atoms with E-state index in [0.717, 1.165) is 0 Å². The molecule has 1 aromatic carbocycles. The van der Waals surface area contributed by atoms with E-state index in [4.69, 9.17) is 10.5 Å². The zero-order chi connectivity index (χ0) is 26.4. The highest BCUT2D eigenvalue weighted by Gasteiger charge is 2.42. The van der Waals surface area contributed by atoms with Crippen molar-refractivity contribution in [1.29, 1.82) is 0 Å². The van der Waals surface area contributed by atoms with E-state index < -0.39 is 53.5 Å². The molecule has 0 saturated carbocycles. The summed E-state index contributed by atoms with van der Waals surface area (Å²) in [6.45, 7) is 13.7. The minimum absolute atomic E-state index is 0.0817. The van der Waals surface area contributed by atoms with E-state index in [1.54, 1.807) is 67.5 Å². The second kappa shape index (κ2) is 11.2. The Morgan fingerprint density at radius 3 is 2.09 bits per heavy atom. The molecule has 190 valence electrons. The van der Waals surface area contributed by atoms with Gasteiger partial charge in [0.2, 0.25) is 17.7 Å². The molecule has 0 aromatic heterocycles. The van der Waals surface area contributed by atoms with Crippen LogP contribution in [0.25, 0.3) is 0 Å². The van der Waals surface area contributed by atoms with Crippen LogP contribution in [0.1, 0.15) is 73.4 Å². The van der Waals surface area contributed by atoms with Crippen LogP contribution < -0.4 is 16.4 Å². The van der Waals surface area contributed by atoms with Crippen molar-refractivity contribution in [3.63, 3.8) is 0 Å². The number of nitrogens with zero attached hydrogens (tertiary/aromatic N) is 1. The lowest BCUT2D eigenvalue weighted by Crippen LogP contribution is -2.59. The molecule has 0 aliphatic heterocycles. The lowest BCUT2D eigenvalue weighted by molar-refractivity contribution is -0.149. The van der Waals surface area contributed by atoms with Gasteiger partial charge in [-0.3, -0.25) is 14.4 Å². The third-order valence-electron chi connectivity index (χ3n) is 4.48. The molecule has 4 amide bonds. The number of amides is 4. The van der Waals surface area contributed by atoms with Gasteiger partial charge in [0.25, 0.3) is 0 Å². The highest BCUT2D eigenvalue weighted by Crippen LogP contribution is 2.32. The number of rotatable bonds is 8. The smallest absolute Gasteiger partial charge is 0.408 e. The zero-order valence-corrected chi connectivity index (χ0v) is 21.3. The molecule has 0 heterocycles. The van der Waals surface area contributed by atoms with Crippen molar-refractivity contribution in [2.24, 2.45) is 5.73 Å². The average Bonchev–Trinajstić information content (AvgIpc) is 2.61. The number of primary amides is 1. The van der Waals surface area contributed by atoms with Gasteiger partial charge in [0, 0.05) is 11.6 Å². The molecule has 10 heteroatoms. The first-order valence-corrected chi connectivity index (χ1v) is 11.1. The summed E-state index contributed by atoms with van der Waals surface area (Å²) in [7, 11) is 0. The number of hydrogen-bond acceptors (Lipinski definition) is 6. The normalized spacial score (nSPS) is 13.6. The second-order valence-electron chi connectivity index (χ2n) is 10.4. The number of ether oxygens (including phenoxy) is 1. The number of hydrogen-bond donors (Lipinski definition) is 4. The molecule has 2 atom stereocenters. The van der Waals surface area contributed by atoms with E-state index in [1.807, 2.05) is 0 Å². The Balaban J connectivity index is 3.56. The van der Waals surface area contributed by atoms with E-state index >= 15 is 0 Å². The van der Waals surface area contributed by atoms with Gasteiger partial charge < -0.3 is 31.1 Å². The van der Waals surface area contributed by atoms with Crippen molar-refractivity contribution in [2.75, 3.05) is 0 Å². The van der Waals surface area contributed by atoms with Gasteiger partial charge in [0.1, 0.15) is 23.4 Å². The Labute approximate surface area is 201 Å². The molecule has 2 unspecified atom stereocenters. The monoisotopic (exact) mass is 478 g/mol. The predicted octanol–water partition coefficient (Wildman–Crippen LogP) is 2.35. The first kappa shape index (κ1) is 28.7. The Hall–Kier alpha value is -3.30. The maximum absolute atomic E-state index is 13.8. The third-order valence-corrected chi connectivity index (χ3v) is 4.48. The van der Waals surface area contributed by atoms with Crippen molar-refractivity contribution < 1.29 is 29.0 Å². The topological polar surface area (TPSA) is 151 Å². The molecule has 1 aromatic rings. The Morgan fingerprint density at radius 2 is 1.65 bits per heavy atom. The van der Waals surface area contributed by atoms with Gasteiger partial charge in [0.15, 0.2) is 0 Å². The van der Waals surface area contributed by atoms with E-state index in [0.29, 0.717) is 5.56 Å². The molecule has 0 spiro atoms. The standard InChI is InChI=1S/C24H38N4O6/c1-14(2)26-20(31)19(15-10-9-11-16(29)12-15)28(23(3,4)5)21(32)17(13-18(25)30)27-22(33)34-24(6,7)8/h9-12,14,17,19,29H,13H2,1-8H3,(H2,25,30)(H,26,31)(H,27,33). The van der Waals surface area contributed by atoms with Gasteiger partial charge in [-0.25, -0.2) is 4.79 Å². The molecule has 0 bridgehead atoms. The van der Waals surface area contributed by atoms with Gasteiger partial charge >= 0.3 is 6.09 Å². The fraction of sp³-hybridized carbons (Fsp3) is 0.583. The lowest BCUT2D eigenvalue weighted by atomic mass is 9.94. The van der Waals surface area contributed by atoms with Crippen LogP contribution in [0, 0.1) is 0 Å². The van der Waals surface area contributed by atoms with Crippen LogP contribution >= 0.6 is 0 Å². The van der Waals surface area contributed by atoms with E-state index in [2.05, 4.69) is 10.6 Å². The minimum Gasteiger partial charge on any atom is -0.508 e. The zero-order valence-electron chi connectivity index (χ0n) is 21.3. The number of nitrogens with two attached hydrogens (primary N) is 1. The number of phenols is 1. The molecule has 0 saturated heterocycles. The molecular weight excluding hydrogens is 440 g/mol. The summed E-state index contributed by atoms with van der Waals surface area (Å²) in [4.78, 5) is 52.6. The highest BCUT2D eigenvalue weighted by atomic mass is 16.6. The molecule has 0 fully saturated rings. The summed E-state index contributed by atoms with van der Waals surface area (Å²) in [6.07, 6.45) is -1.40. The summed E-state index contributed by atoms with van der Waals surface area (Å²) in [6, 6.07) is 3.23. The Kier molecular flexibility index (Phi) is 9.48. The Morgan fingerprint density at radius 1 is 1.06 bits per heavy atom. The van der Waals surface area contributed by atoms with E-state index in [-0.39, 0.29) is 11.8 Å². The minimum atomic E-state index is -1.38. The van der Waals surface area contributed by atoms with Gasteiger partial charge in [0.05, 0.1) is 6.42 Å². The molecule has 34 heavy (non-hydrogen) atoms. The quantitative estimate of drug-likeness (QED) is 0.450. The first-order valence-electron chi connectivity index (χ1n) is 11.1. The van der Waals surface area contributed by atoms with Crippen LogP contribution in [0.4, 0.5) is 4.79 Å². The largest absolute Gasteiger partial charge is 0.508 e. The van der Waals surface area contributed by atoms with Crippen LogP contribution in [0.3, 0.4) is 0 Å². The molecule has 0 radical (unpaired) electrons. The predicted molar refractivity (Wildman–Crippen MR) is 128 cm³/mol. The van der Waals surface area contributed by atoms with Gasteiger partial charge in [-0.15, -0.1) is 0 Å². The summed E-state index contributed by atoms with van der Waals surface area (Å²) in [5.41, 5.74) is 3.94. The van der Waals surface area contributed by atoms with E-state index in [9.17, 15) is 24.3 Å². The van der Waals surface area contributed by atoms with Crippen LogP contribution in [0.5, 0.6) is 5.75 Å². The van der Waals surface area contributed by atoms with Crippen molar-refractivity contribution in [3.05, 3.63) is 29.8 Å². The van der Waals surface area contributed by atoms with E-state index in [1.165, 1.54) is 17.0 Å². The molecular formula is C24H38N4O6. The molecule has 1 rings (SSSR count). The van der Waals surface area contributed by atoms with Crippen molar-refractivity contribution >= 4 is 23.8 Å². The molecule has 5 N–H and O–H groups in total. The maximum Gasteiger partial charge on any atom is 0.408 e. The van der Waals surface area contributed by atoms with Gasteiger partial charge in [-0.2, -0.15) is 0 Å². The van der Waals surface area contributed by atoms with Gasteiger partial charge in [-0.1, -0.05) is 12.1 Å². The molecule has 10 nitrogen and oxygen atoms in total. The maximum atomic E-state index is 13.8.